The molecule has 16 heteroatoms. The van der Waals surface area contributed by atoms with Crippen LogP contribution in [0.15, 0.2) is 48.0 Å². The maximum absolute atomic E-state index is 15.3. The van der Waals surface area contributed by atoms with Crippen molar-refractivity contribution < 1.29 is 41.9 Å². The van der Waals surface area contributed by atoms with Crippen LogP contribution in [0.1, 0.15) is 119 Å². The van der Waals surface area contributed by atoms with E-state index in [-0.39, 0.29) is 46.1 Å². The molecule has 5 amide bonds. The fourth-order valence-corrected chi connectivity index (χ4v) is 13.5. The van der Waals surface area contributed by atoms with Gasteiger partial charge in [-0.25, -0.2) is 17.9 Å². The van der Waals surface area contributed by atoms with Crippen LogP contribution in [0.25, 0.3) is 10.9 Å². The van der Waals surface area contributed by atoms with E-state index in [1.807, 2.05) is 20.8 Å². The highest BCUT2D eigenvalue weighted by Crippen LogP contribution is 2.88. The van der Waals surface area contributed by atoms with Gasteiger partial charge in [-0.05, 0) is 72.8 Å². The van der Waals surface area contributed by atoms with Crippen LogP contribution in [0.3, 0.4) is 0 Å². The normalized spacial score (nSPS) is 29.9. The molecule has 344 valence electrons. The molecule has 2 spiro atoms. The van der Waals surface area contributed by atoms with Crippen molar-refractivity contribution in [3.63, 3.8) is 0 Å². The molecular formula is C47H66N6O9S. The number of benzene rings is 1. The first-order valence-corrected chi connectivity index (χ1v) is 24.4. The van der Waals surface area contributed by atoms with Crippen LogP contribution in [-0.2, 0) is 38.7 Å². The van der Waals surface area contributed by atoms with Gasteiger partial charge in [-0.15, -0.1) is 6.58 Å². The molecule has 63 heavy (non-hydrogen) atoms. The number of sulfonamides is 1. The van der Waals surface area contributed by atoms with E-state index in [1.165, 1.54) is 6.07 Å². The predicted octanol–water partition coefficient (Wildman–Crippen LogP) is 5.61. The Morgan fingerprint density at radius 2 is 1.65 bits per heavy atom. The number of hydrogen-bond acceptors (Lipinski definition) is 9. The molecule has 15 nitrogen and oxygen atoms in total. The Bertz CT molecular complexity index is 2290. The number of amides is 5. The number of carbonyl (C=O) groups excluding carboxylic acids is 5. The first-order chi connectivity index (χ1) is 29.7. The van der Waals surface area contributed by atoms with Crippen LogP contribution < -0.4 is 20.7 Å². The van der Waals surface area contributed by atoms with Crippen LogP contribution >= 0.6 is 0 Å². The summed E-state index contributed by atoms with van der Waals surface area (Å²) >= 11 is 0. The van der Waals surface area contributed by atoms with E-state index >= 15 is 9.59 Å². The average Bonchev–Trinajstić information content (AvgIpc) is 3.62. The summed E-state index contributed by atoms with van der Waals surface area (Å²) in [6.45, 7) is 16.9. The zero-order chi connectivity index (χ0) is 45.4. The van der Waals surface area contributed by atoms with Crippen LogP contribution in [0.5, 0.6) is 0 Å². The fourth-order valence-electron chi connectivity index (χ4n) is 12.3. The van der Waals surface area contributed by atoms with Gasteiger partial charge < -0.3 is 35.3 Å². The molecule has 4 aliphatic carbocycles. The summed E-state index contributed by atoms with van der Waals surface area (Å²) in [5.74, 6) is -2.54. The number of alkyl carbamates (subject to hydrolysis) is 1. The molecular weight excluding hydrogens is 825 g/mol. The monoisotopic (exact) mass is 890 g/mol. The fraction of sp³-hybridized carbons (Fsp3) is 0.681. The van der Waals surface area contributed by atoms with E-state index in [9.17, 15) is 22.8 Å². The van der Waals surface area contributed by atoms with Crippen molar-refractivity contribution in [2.45, 2.75) is 153 Å². The second-order valence-electron chi connectivity index (χ2n) is 21.2. The summed E-state index contributed by atoms with van der Waals surface area (Å²) in [6, 6.07) is 3.44. The second-order valence-corrected chi connectivity index (χ2v) is 22.9. The standard InChI is InChI=1S/C47H66N6O9S/c1-8-44(7)27-47(44,40(57)52-63(59,60)33-17-12-16-30-18-23-48-34(30)33)51-37(54)32-26-46(43(5,6)45(46)21-13-22-45)28-53(32)39(56)36(42(2,3)4)50-38(55)35(29-14-10-9-11-15-29)49-41(58)62-31-19-24-61-25-20-31/h8,12,16-18,23,29,31-32,35-36,48H,1,9-11,13-15,19-22,24-28H2,2-7H3,(H,49,58)(H,50,55)(H,51,54)(H,52,57)/t32-,35-,36+,44+,46+,47-/m0/s1. The summed E-state index contributed by atoms with van der Waals surface area (Å²) in [4.78, 5) is 77.0. The first-order valence-electron chi connectivity index (χ1n) is 22.9. The average molecular weight is 891 g/mol. The summed E-state index contributed by atoms with van der Waals surface area (Å²) in [7, 11) is -4.40. The van der Waals surface area contributed by atoms with Gasteiger partial charge in [-0.1, -0.05) is 85.4 Å². The Labute approximate surface area is 371 Å². The minimum absolute atomic E-state index is 0.0635. The highest BCUT2D eigenvalue weighted by atomic mass is 32.2. The number of H-pyrrole nitrogens is 1. The highest BCUT2D eigenvalue weighted by Gasteiger charge is 2.85. The van der Waals surface area contributed by atoms with Gasteiger partial charge in [0.1, 0.15) is 34.7 Å². The van der Waals surface area contributed by atoms with E-state index < -0.39 is 74.2 Å². The number of likely N-dealkylation sites (tertiary alicyclic amines) is 1. The van der Waals surface area contributed by atoms with Gasteiger partial charge >= 0.3 is 6.09 Å². The molecule has 6 atom stereocenters. The summed E-state index contributed by atoms with van der Waals surface area (Å²) < 4.78 is 41.1. The van der Waals surface area contributed by atoms with Crippen molar-refractivity contribution in [2.24, 2.45) is 33.0 Å². The summed E-state index contributed by atoms with van der Waals surface area (Å²) in [6.07, 6.45) is 11.1. The molecule has 4 saturated carbocycles. The van der Waals surface area contributed by atoms with Crippen molar-refractivity contribution in [1.29, 1.82) is 0 Å². The topological polar surface area (TPSA) is 205 Å². The number of nitrogens with zero attached hydrogens (tertiary/aromatic N) is 1. The molecule has 2 aliphatic heterocycles. The zero-order valence-electron chi connectivity index (χ0n) is 37.7. The first kappa shape index (κ1) is 45.1. The van der Waals surface area contributed by atoms with Gasteiger partial charge in [-0.2, -0.15) is 0 Å². The SMILES string of the molecule is C=C[C@]1(C)C[C@]1(NC(=O)[C@@H]1C[C@@]2(CN1C(=O)[C@@H](NC(=O)[C@@H](NC(=O)OC1CCOCC1)C1CCCCC1)C(C)(C)C)C(C)(C)C21CCC1)C(=O)NS(=O)(=O)c1cccc2cc[nH]c12. The predicted molar refractivity (Wildman–Crippen MR) is 235 cm³/mol. The largest absolute Gasteiger partial charge is 0.446 e. The Balaban J connectivity index is 1.07. The third-order valence-corrected chi connectivity index (χ3v) is 18.0. The molecule has 5 N–H and O–H groups in total. The van der Waals surface area contributed by atoms with E-state index in [1.54, 1.807) is 42.3 Å². The minimum Gasteiger partial charge on any atom is -0.446 e. The lowest BCUT2D eigenvalue weighted by molar-refractivity contribution is -0.145. The third-order valence-electron chi connectivity index (χ3n) is 16.6. The number of ether oxygens (including phenoxy) is 2. The summed E-state index contributed by atoms with van der Waals surface area (Å²) in [5, 5.41) is 9.60. The van der Waals surface area contributed by atoms with Crippen molar-refractivity contribution in [3.8, 4) is 0 Å². The molecule has 2 saturated heterocycles. The maximum Gasteiger partial charge on any atom is 0.408 e. The zero-order valence-corrected chi connectivity index (χ0v) is 38.5. The number of para-hydroxylation sites is 1. The molecule has 3 heterocycles. The number of aromatic nitrogens is 1. The lowest BCUT2D eigenvalue weighted by atomic mass is 9.73. The quantitative estimate of drug-likeness (QED) is 0.168. The van der Waals surface area contributed by atoms with Crippen molar-refractivity contribution in [3.05, 3.63) is 43.1 Å². The van der Waals surface area contributed by atoms with Gasteiger partial charge in [0, 0.05) is 41.8 Å². The van der Waals surface area contributed by atoms with Crippen LogP contribution in [-0.4, -0.2) is 97.6 Å². The molecule has 6 fully saturated rings. The minimum atomic E-state index is -4.40. The Kier molecular flexibility index (Phi) is 11.4. The van der Waals surface area contributed by atoms with E-state index in [0.29, 0.717) is 43.4 Å². The number of hydrogen-bond donors (Lipinski definition) is 5. The lowest BCUT2D eigenvalue weighted by Crippen LogP contribution is -2.62. The molecule has 6 aliphatic rings. The summed E-state index contributed by atoms with van der Waals surface area (Å²) in [5.41, 5.74) is -3.79. The molecule has 0 radical (unpaired) electrons. The number of rotatable bonds is 12. The second kappa shape index (κ2) is 15.9. The number of fused-ring (bicyclic) bond motifs is 2. The number of aromatic amines is 1. The van der Waals surface area contributed by atoms with Crippen molar-refractivity contribution >= 4 is 50.6 Å². The van der Waals surface area contributed by atoms with Crippen LogP contribution in [0, 0.1) is 33.0 Å². The number of carbonyl (C=O) groups is 5. The van der Waals surface area contributed by atoms with Crippen LogP contribution in [0.4, 0.5) is 4.79 Å². The van der Waals surface area contributed by atoms with Crippen molar-refractivity contribution in [1.82, 2.24) is 30.6 Å². The van der Waals surface area contributed by atoms with E-state index in [2.05, 4.69) is 46.1 Å². The highest BCUT2D eigenvalue weighted by molar-refractivity contribution is 7.90. The molecule has 0 unspecified atom stereocenters. The third kappa shape index (κ3) is 7.44. The van der Waals surface area contributed by atoms with Crippen molar-refractivity contribution in [2.75, 3.05) is 19.8 Å². The van der Waals surface area contributed by atoms with E-state index in [0.717, 1.165) is 51.4 Å². The molecule has 1 aromatic carbocycles. The molecule has 2 aromatic rings. The molecule has 1 aromatic heterocycles. The molecule has 0 bridgehead atoms. The van der Waals surface area contributed by atoms with Gasteiger partial charge in [0.25, 0.3) is 15.9 Å². The Hall–Kier alpha value is -4.44. The smallest absolute Gasteiger partial charge is 0.408 e. The van der Waals surface area contributed by atoms with E-state index in [4.69, 9.17) is 9.47 Å². The van der Waals surface area contributed by atoms with Gasteiger partial charge in [0.2, 0.25) is 17.7 Å². The van der Waals surface area contributed by atoms with Crippen LogP contribution in [0.2, 0.25) is 0 Å². The Morgan fingerprint density at radius 3 is 2.25 bits per heavy atom. The lowest BCUT2D eigenvalue weighted by Gasteiger charge is -2.38. The molecule has 8 rings (SSSR count). The number of nitrogens with one attached hydrogen (secondary N) is 5. The van der Waals surface area contributed by atoms with Gasteiger partial charge in [-0.3, -0.25) is 19.2 Å². The van der Waals surface area contributed by atoms with Gasteiger partial charge in [0.05, 0.1) is 18.7 Å². The van der Waals surface area contributed by atoms with Gasteiger partial charge in [0.15, 0.2) is 0 Å². The Morgan fingerprint density at radius 1 is 0.952 bits per heavy atom. The maximum atomic E-state index is 15.3.